The van der Waals surface area contributed by atoms with Gasteiger partial charge in [0.25, 0.3) is 0 Å². The van der Waals surface area contributed by atoms with E-state index >= 15 is 0 Å². The number of hydrogen-bond acceptors (Lipinski definition) is 2. The Morgan fingerprint density at radius 1 is 1.17 bits per heavy atom. The molecule has 0 amide bonds. The van der Waals surface area contributed by atoms with Crippen LogP contribution in [0.25, 0.3) is 0 Å². The van der Waals surface area contributed by atoms with Gasteiger partial charge in [0.05, 0.1) is 0 Å². The molecule has 0 heterocycles. The second-order valence-corrected chi connectivity index (χ2v) is 7.64. The zero-order chi connectivity index (χ0) is 13.8. The van der Waals surface area contributed by atoms with E-state index in [1.165, 1.54) is 32.4 Å². The van der Waals surface area contributed by atoms with Gasteiger partial charge in [-0.2, -0.15) is 0 Å². The van der Waals surface area contributed by atoms with Crippen molar-refractivity contribution in [2.75, 3.05) is 19.6 Å². The van der Waals surface area contributed by atoms with Gasteiger partial charge in [-0.25, -0.2) is 0 Å². The van der Waals surface area contributed by atoms with Gasteiger partial charge in [0.15, 0.2) is 0 Å². The summed E-state index contributed by atoms with van der Waals surface area (Å²) in [5.41, 5.74) is 0.247. The number of hydrogen-bond donors (Lipinski definition) is 1. The minimum absolute atomic E-state index is 0.247. The smallest absolute Gasteiger partial charge is 0.00966 e. The molecule has 2 heteroatoms. The summed E-state index contributed by atoms with van der Waals surface area (Å²) >= 11 is 0. The summed E-state index contributed by atoms with van der Waals surface area (Å²) < 4.78 is 0. The molecule has 1 rings (SSSR count). The van der Waals surface area contributed by atoms with Crippen LogP contribution in [0.15, 0.2) is 0 Å². The normalized spacial score (nSPS) is 18.7. The lowest BCUT2D eigenvalue weighted by Gasteiger charge is -2.29. The molecule has 18 heavy (non-hydrogen) atoms. The molecule has 1 fully saturated rings. The molecule has 108 valence electrons. The third kappa shape index (κ3) is 7.38. The predicted molar refractivity (Wildman–Crippen MR) is 81.0 cm³/mol. The Bertz CT molecular complexity index is 226. The molecular weight excluding hydrogens is 220 g/mol. The lowest BCUT2D eigenvalue weighted by molar-refractivity contribution is 0.208. The standard InChI is InChI=1S/C16H34N2/c1-13(2)9-10-18(15-7-8-15)12-14(3)11-17-16(4,5)6/h13-15,17H,7-12H2,1-6H3. The molecule has 1 unspecified atom stereocenters. The van der Waals surface area contributed by atoms with E-state index in [-0.39, 0.29) is 5.54 Å². The number of nitrogens with zero attached hydrogens (tertiary/aromatic N) is 1. The van der Waals surface area contributed by atoms with Crippen LogP contribution in [0.3, 0.4) is 0 Å². The van der Waals surface area contributed by atoms with Crippen molar-refractivity contribution in [2.24, 2.45) is 11.8 Å². The average Bonchev–Trinajstić information content (AvgIpc) is 3.03. The molecule has 0 aromatic heterocycles. The van der Waals surface area contributed by atoms with Crippen molar-refractivity contribution >= 4 is 0 Å². The lowest BCUT2D eigenvalue weighted by Crippen LogP contribution is -2.42. The minimum Gasteiger partial charge on any atom is -0.312 e. The summed E-state index contributed by atoms with van der Waals surface area (Å²) in [7, 11) is 0. The fourth-order valence-corrected chi connectivity index (χ4v) is 2.23. The van der Waals surface area contributed by atoms with Crippen LogP contribution in [-0.4, -0.2) is 36.1 Å². The molecule has 0 saturated heterocycles. The summed E-state index contributed by atoms with van der Waals surface area (Å²) in [6.45, 7) is 17.5. The second kappa shape index (κ2) is 6.91. The van der Waals surface area contributed by atoms with Gasteiger partial charge in [-0.3, -0.25) is 0 Å². The van der Waals surface area contributed by atoms with Crippen molar-refractivity contribution < 1.29 is 0 Å². The van der Waals surface area contributed by atoms with E-state index < -0.39 is 0 Å². The Morgan fingerprint density at radius 3 is 2.22 bits per heavy atom. The molecule has 1 aliphatic carbocycles. The maximum absolute atomic E-state index is 3.62. The molecule has 2 nitrogen and oxygen atoms in total. The summed E-state index contributed by atoms with van der Waals surface area (Å²) in [6, 6.07) is 0.904. The maximum atomic E-state index is 3.62. The zero-order valence-electron chi connectivity index (χ0n) is 13.4. The van der Waals surface area contributed by atoms with Crippen molar-refractivity contribution in [3.63, 3.8) is 0 Å². The predicted octanol–water partition coefficient (Wildman–Crippen LogP) is 3.52. The van der Waals surface area contributed by atoms with Crippen molar-refractivity contribution in [3.8, 4) is 0 Å². The highest BCUT2D eigenvalue weighted by molar-refractivity contribution is 4.86. The molecule has 1 saturated carbocycles. The van der Waals surface area contributed by atoms with Crippen LogP contribution in [0.5, 0.6) is 0 Å². The van der Waals surface area contributed by atoms with Gasteiger partial charge in [0.2, 0.25) is 0 Å². The molecular formula is C16H34N2. The van der Waals surface area contributed by atoms with Crippen molar-refractivity contribution in [3.05, 3.63) is 0 Å². The topological polar surface area (TPSA) is 15.3 Å². The SMILES string of the molecule is CC(C)CCN(CC(C)CNC(C)(C)C)C1CC1. The van der Waals surface area contributed by atoms with Crippen molar-refractivity contribution in [1.82, 2.24) is 10.2 Å². The van der Waals surface area contributed by atoms with Gasteiger partial charge in [0, 0.05) is 18.1 Å². The van der Waals surface area contributed by atoms with E-state index in [1.54, 1.807) is 0 Å². The van der Waals surface area contributed by atoms with Crippen molar-refractivity contribution in [1.29, 1.82) is 0 Å². The van der Waals surface area contributed by atoms with Gasteiger partial charge in [-0.05, 0) is 65.0 Å². The summed E-state index contributed by atoms with van der Waals surface area (Å²) in [4.78, 5) is 2.73. The van der Waals surface area contributed by atoms with E-state index in [0.717, 1.165) is 24.4 Å². The van der Waals surface area contributed by atoms with Crippen molar-refractivity contribution in [2.45, 2.75) is 72.4 Å². The Labute approximate surface area is 115 Å². The van der Waals surface area contributed by atoms with Crippen LogP contribution >= 0.6 is 0 Å². The minimum atomic E-state index is 0.247. The highest BCUT2D eigenvalue weighted by atomic mass is 15.2. The first-order chi connectivity index (χ1) is 8.28. The Kier molecular flexibility index (Phi) is 6.13. The highest BCUT2D eigenvalue weighted by Crippen LogP contribution is 2.28. The van der Waals surface area contributed by atoms with Gasteiger partial charge in [-0.15, -0.1) is 0 Å². The van der Waals surface area contributed by atoms with Gasteiger partial charge >= 0.3 is 0 Å². The van der Waals surface area contributed by atoms with Crippen LogP contribution < -0.4 is 5.32 Å². The third-order valence-corrected chi connectivity index (χ3v) is 3.58. The van der Waals surface area contributed by atoms with Gasteiger partial charge in [-0.1, -0.05) is 20.8 Å². The van der Waals surface area contributed by atoms with Crippen LogP contribution in [0.4, 0.5) is 0 Å². The fourth-order valence-electron chi connectivity index (χ4n) is 2.23. The fraction of sp³-hybridized carbons (Fsp3) is 1.00. The highest BCUT2D eigenvalue weighted by Gasteiger charge is 2.29. The summed E-state index contributed by atoms with van der Waals surface area (Å²) in [5.74, 6) is 1.58. The van der Waals surface area contributed by atoms with Crippen LogP contribution in [-0.2, 0) is 0 Å². The molecule has 0 spiro atoms. The third-order valence-electron chi connectivity index (χ3n) is 3.58. The van der Waals surface area contributed by atoms with Gasteiger partial charge in [0.1, 0.15) is 0 Å². The molecule has 1 N–H and O–H groups in total. The Hall–Kier alpha value is -0.0800. The molecule has 1 aliphatic rings. The summed E-state index contributed by atoms with van der Waals surface area (Å²) in [6.07, 6.45) is 4.20. The van der Waals surface area contributed by atoms with E-state index in [1.807, 2.05) is 0 Å². The Balaban J connectivity index is 2.27. The number of nitrogens with one attached hydrogen (secondary N) is 1. The van der Waals surface area contributed by atoms with E-state index in [9.17, 15) is 0 Å². The molecule has 0 radical (unpaired) electrons. The Morgan fingerprint density at radius 2 is 1.78 bits per heavy atom. The average molecular weight is 254 g/mol. The molecule has 0 aliphatic heterocycles. The second-order valence-electron chi connectivity index (χ2n) is 7.64. The maximum Gasteiger partial charge on any atom is 0.00966 e. The monoisotopic (exact) mass is 254 g/mol. The van der Waals surface area contributed by atoms with Crippen LogP contribution in [0.1, 0.15) is 60.8 Å². The molecule has 0 aromatic carbocycles. The quantitative estimate of drug-likeness (QED) is 0.713. The van der Waals surface area contributed by atoms with E-state index in [4.69, 9.17) is 0 Å². The van der Waals surface area contributed by atoms with Crippen LogP contribution in [0, 0.1) is 11.8 Å². The summed E-state index contributed by atoms with van der Waals surface area (Å²) in [5, 5.41) is 3.62. The molecule has 1 atom stereocenters. The zero-order valence-corrected chi connectivity index (χ0v) is 13.4. The molecule has 0 bridgehead atoms. The first-order valence-corrected chi connectivity index (χ1v) is 7.77. The van der Waals surface area contributed by atoms with Crippen LogP contribution in [0.2, 0.25) is 0 Å². The van der Waals surface area contributed by atoms with E-state index in [2.05, 4.69) is 51.8 Å². The first kappa shape index (κ1) is 16.0. The van der Waals surface area contributed by atoms with Gasteiger partial charge < -0.3 is 10.2 Å². The molecule has 0 aromatic rings. The van der Waals surface area contributed by atoms with E-state index in [0.29, 0.717) is 0 Å². The lowest BCUT2D eigenvalue weighted by atomic mass is 10.1. The number of rotatable bonds is 8. The first-order valence-electron chi connectivity index (χ1n) is 7.77. The largest absolute Gasteiger partial charge is 0.312 e.